The molecule has 0 radical (unpaired) electrons. The molecule has 0 aliphatic heterocycles. The van der Waals surface area contributed by atoms with Crippen LogP contribution < -0.4 is 5.32 Å². The van der Waals surface area contributed by atoms with Crippen molar-refractivity contribution in [2.24, 2.45) is 5.92 Å². The van der Waals surface area contributed by atoms with Gasteiger partial charge in [0.1, 0.15) is 0 Å². The van der Waals surface area contributed by atoms with E-state index in [2.05, 4.69) is 42.8 Å². The summed E-state index contributed by atoms with van der Waals surface area (Å²) in [7, 11) is 0. The standard InChI is InChI=1S/C23H32N2O2/c1-15-9-5-7-11-19(15)14-25-17(3)20(22(18(25)4)23(26)27)13-24-21-12-8-6-10-16(21)2/h5,7,9,11,16,21,24H,6,8,10,12-14H2,1-4H3,(H,26,27)/t16-,21+/m0/s1. The molecule has 0 unspecified atom stereocenters. The van der Waals surface area contributed by atoms with Crippen molar-refractivity contribution in [1.29, 1.82) is 0 Å². The second-order valence-electron chi connectivity index (χ2n) is 8.09. The predicted octanol–water partition coefficient (Wildman–Crippen LogP) is 4.83. The zero-order chi connectivity index (χ0) is 19.6. The Hall–Kier alpha value is -2.07. The molecule has 2 aromatic rings. The summed E-state index contributed by atoms with van der Waals surface area (Å²) >= 11 is 0. The minimum absolute atomic E-state index is 0.469. The van der Waals surface area contributed by atoms with Crippen LogP contribution in [0.2, 0.25) is 0 Å². The van der Waals surface area contributed by atoms with Crippen LogP contribution in [0.4, 0.5) is 0 Å². The first-order valence-electron chi connectivity index (χ1n) is 10.1. The number of aromatic carboxylic acids is 1. The number of aryl methyl sites for hydroxylation is 1. The van der Waals surface area contributed by atoms with E-state index in [1.807, 2.05) is 19.1 Å². The number of nitrogens with zero attached hydrogens (tertiary/aromatic N) is 1. The lowest BCUT2D eigenvalue weighted by Gasteiger charge is -2.29. The van der Waals surface area contributed by atoms with Gasteiger partial charge in [0.05, 0.1) is 5.56 Å². The molecule has 2 N–H and O–H groups in total. The smallest absolute Gasteiger partial charge is 0.337 e. The molecular formula is C23H32N2O2. The van der Waals surface area contributed by atoms with Crippen molar-refractivity contribution < 1.29 is 9.90 Å². The first-order chi connectivity index (χ1) is 12.9. The van der Waals surface area contributed by atoms with Gasteiger partial charge in [0.25, 0.3) is 0 Å². The minimum Gasteiger partial charge on any atom is -0.478 e. The summed E-state index contributed by atoms with van der Waals surface area (Å²) in [6.45, 7) is 9.74. The topological polar surface area (TPSA) is 54.3 Å². The monoisotopic (exact) mass is 368 g/mol. The van der Waals surface area contributed by atoms with Gasteiger partial charge >= 0.3 is 5.97 Å². The Morgan fingerprint density at radius 2 is 1.85 bits per heavy atom. The number of aromatic nitrogens is 1. The van der Waals surface area contributed by atoms with E-state index in [0.717, 1.165) is 17.0 Å². The van der Waals surface area contributed by atoms with Gasteiger partial charge in [-0.05, 0) is 50.7 Å². The minimum atomic E-state index is -0.826. The first kappa shape index (κ1) is 19.7. The Morgan fingerprint density at radius 3 is 2.52 bits per heavy atom. The van der Waals surface area contributed by atoms with Gasteiger partial charge in [-0.15, -0.1) is 0 Å². The van der Waals surface area contributed by atoms with Crippen molar-refractivity contribution in [1.82, 2.24) is 9.88 Å². The summed E-state index contributed by atoms with van der Waals surface area (Å²) < 4.78 is 2.16. The molecule has 3 rings (SSSR count). The van der Waals surface area contributed by atoms with Crippen molar-refractivity contribution in [3.63, 3.8) is 0 Å². The molecule has 0 saturated heterocycles. The van der Waals surface area contributed by atoms with E-state index in [4.69, 9.17) is 0 Å². The van der Waals surface area contributed by atoms with Crippen LogP contribution in [0.15, 0.2) is 24.3 Å². The average molecular weight is 369 g/mol. The van der Waals surface area contributed by atoms with E-state index in [0.29, 0.717) is 30.6 Å². The van der Waals surface area contributed by atoms with Crippen LogP contribution in [0.1, 0.15) is 71.0 Å². The fourth-order valence-electron chi connectivity index (χ4n) is 4.50. The van der Waals surface area contributed by atoms with Gasteiger partial charge < -0.3 is 15.0 Å². The van der Waals surface area contributed by atoms with Crippen molar-refractivity contribution in [3.8, 4) is 0 Å². The van der Waals surface area contributed by atoms with E-state index in [1.54, 1.807) is 0 Å². The molecule has 1 saturated carbocycles. The largest absolute Gasteiger partial charge is 0.478 e. The number of hydrogen-bond acceptors (Lipinski definition) is 2. The second-order valence-corrected chi connectivity index (χ2v) is 8.09. The van der Waals surface area contributed by atoms with Crippen molar-refractivity contribution >= 4 is 5.97 Å². The van der Waals surface area contributed by atoms with Crippen LogP contribution in [0, 0.1) is 26.7 Å². The summed E-state index contributed by atoms with van der Waals surface area (Å²) in [5.74, 6) is -0.171. The van der Waals surface area contributed by atoms with Crippen molar-refractivity contribution in [3.05, 3.63) is 57.9 Å². The fraction of sp³-hybridized carbons (Fsp3) is 0.522. The van der Waals surface area contributed by atoms with Gasteiger partial charge in [-0.25, -0.2) is 4.79 Å². The summed E-state index contributed by atoms with van der Waals surface area (Å²) in [6, 6.07) is 8.80. The molecule has 4 heteroatoms. The van der Waals surface area contributed by atoms with Crippen LogP contribution in [0.3, 0.4) is 0 Å². The third-order valence-corrected chi connectivity index (χ3v) is 6.37. The Bertz CT molecular complexity index is 822. The number of nitrogens with one attached hydrogen (secondary N) is 1. The Kier molecular flexibility index (Phi) is 6.05. The molecule has 0 amide bonds. The number of carboxylic acids is 1. The lowest BCUT2D eigenvalue weighted by molar-refractivity contribution is 0.0694. The highest BCUT2D eigenvalue weighted by atomic mass is 16.4. The van der Waals surface area contributed by atoms with Gasteiger partial charge in [0.2, 0.25) is 0 Å². The van der Waals surface area contributed by atoms with E-state index in [9.17, 15) is 9.90 Å². The van der Waals surface area contributed by atoms with Crippen LogP contribution >= 0.6 is 0 Å². The van der Waals surface area contributed by atoms with Gasteiger partial charge in [-0.3, -0.25) is 0 Å². The lowest BCUT2D eigenvalue weighted by Crippen LogP contribution is -2.37. The van der Waals surface area contributed by atoms with Gasteiger partial charge in [-0.2, -0.15) is 0 Å². The highest BCUT2D eigenvalue weighted by Crippen LogP contribution is 2.27. The Balaban J connectivity index is 1.89. The molecule has 4 nitrogen and oxygen atoms in total. The van der Waals surface area contributed by atoms with E-state index >= 15 is 0 Å². The van der Waals surface area contributed by atoms with Gasteiger partial charge in [-0.1, -0.05) is 44.0 Å². The quantitative estimate of drug-likeness (QED) is 0.768. The zero-order valence-corrected chi connectivity index (χ0v) is 17.0. The van der Waals surface area contributed by atoms with E-state index < -0.39 is 5.97 Å². The molecule has 1 aliphatic carbocycles. The van der Waals surface area contributed by atoms with Crippen molar-refractivity contribution in [2.75, 3.05) is 0 Å². The average Bonchev–Trinajstić information content (AvgIpc) is 2.87. The number of carbonyl (C=O) groups is 1. The maximum Gasteiger partial charge on any atom is 0.337 e. The molecule has 1 aromatic heterocycles. The highest BCUT2D eigenvalue weighted by Gasteiger charge is 2.25. The third kappa shape index (κ3) is 4.11. The molecule has 1 heterocycles. The van der Waals surface area contributed by atoms with Crippen LogP contribution in [-0.2, 0) is 13.1 Å². The predicted molar refractivity (Wildman–Crippen MR) is 109 cm³/mol. The molecule has 1 aromatic carbocycles. The Labute approximate surface area is 162 Å². The van der Waals surface area contributed by atoms with Crippen LogP contribution in [-0.4, -0.2) is 21.7 Å². The summed E-state index contributed by atoms with van der Waals surface area (Å²) in [5.41, 5.74) is 5.78. The normalized spacial score (nSPS) is 20.0. The van der Waals surface area contributed by atoms with Gasteiger partial charge in [0.15, 0.2) is 0 Å². The van der Waals surface area contributed by atoms with E-state index in [1.165, 1.54) is 36.8 Å². The summed E-state index contributed by atoms with van der Waals surface area (Å²) in [5, 5.41) is 13.5. The van der Waals surface area contributed by atoms with Gasteiger partial charge in [0, 0.05) is 36.1 Å². The second kappa shape index (κ2) is 8.30. The maximum absolute atomic E-state index is 12.0. The molecule has 2 atom stereocenters. The Morgan fingerprint density at radius 1 is 1.15 bits per heavy atom. The summed E-state index contributed by atoms with van der Waals surface area (Å²) in [6.07, 6.45) is 5.02. The lowest BCUT2D eigenvalue weighted by atomic mass is 9.86. The summed E-state index contributed by atoms with van der Waals surface area (Å²) in [4.78, 5) is 12.0. The van der Waals surface area contributed by atoms with E-state index in [-0.39, 0.29) is 0 Å². The third-order valence-electron chi connectivity index (χ3n) is 6.37. The number of rotatable bonds is 6. The zero-order valence-electron chi connectivity index (χ0n) is 17.0. The molecule has 27 heavy (non-hydrogen) atoms. The molecule has 0 bridgehead atoms. The SMILES string of the molecule is Cc1ccccc1Cn1c(C)c(CN[C@@H]2CCCC[C@@H]2C)c(C(=O)O)c1C. The van der Waals surface area contributed by atoms with Crippen molar-refractivity contribution in [2.45, 2.75) is 72.5 Å². The number of carboxylic acid groups (broad SMARTS) is 1. The molecule has 0 spiro atoms. The van der Waals surface area contributed by atoms with Crippen LogP contribution in [0.5, 0.6) is 0 Å². The molecule has 1 fully saturated rings. The molecule has 146 valence electrons. The highest BCUT2D eigenvalue weighted by molar-refractivity contribution is 5.91. The number of hydrogen-bond donors (Lipinski definition) is 2. The first-order valence-corrected chi connectivity index (χ1v) is 10.1. The van der Waals surface area contributed by atoms with Crippen LogP contribution in [0.25, 0.3) is 0 Å². The molecule has 1 aliphatic rings. The maximum atomic E-state index is 12.0. The fourth-order valence-corrected chi connectivity index (χ4v) is 4.50. The molecular weight excluding hydrogens is 336 g/mol. The number of benzene rings is 1.